The molecule has 0 spiro atoms. The van der Waals surface area contributed by atoms with Crippen LogP contribution >= 0.6 is 11.3 Å². The number of hydrogen-bond donors (Lipinski definition) is 2. The van der Waals surface area contributed by atoms with Crippen molar-refractivity contribution in [3.8, 4) is 0 Å². The van der Waals surface area contributed by atoms with Gasteiger partial charge in [-0.1, -0.05) is 30.3 Å². The summed E-state index contributed by atoms with van der Waals surface area (Å²) >= 11 is 1.30. The smallest absolute Gasteiger partial charge is 0.264 e. The molecule has 1 heterocycles. The zero-order valence-electron chi connectivity index (χ0n) is 14.2. The summed E-state index contributed by atoms with van der Waals surface area (Å²) in [6, 6.07) is 11.6. The van der Waals surface area contributed by atoms with Crippen LogP contribution in [-0.4, -0.2) is 35.0 Å². The van der Waals surface area contributed by atoms with Crippen LogP contribution < -0.4 is 5.32 Å². The molecule has 0 unspecified atom stereocenters. The second-order valence-electron chi connectivity index (χ2n) is 6.32. The standard InChI is InChI=1S/C19H22N2O3S/c1-13-11-16(20-18(23)15-7-8-15)25-17(13)19(24)21(9-10-22)12-14-5-3-2-4-6-14/h2-6,11,15,22H,7-10,12H2,1H3,(H,20,23). The van der Waals surface area contributed by atoms with Crippen molar-refractivity contribution < 1.29 is 14.7 Å². The Bertz CT molecular complexity index is 753. The molecule has 2 amide bonds. The molecule has 0 radical (unpaired) electrons. The minimum absolute atomic E-state index is 0.0387. The molecule has 2 aromatic rings. The van der Waals surface area contributed by atoms with Gasteiger partial charge in [-0.2, -0.15) is 0 Å². The molecule has 25 heavy (non-hydrogen) atoms. The maximum absolute atomic E-state index is 12.9. The second kappa shape index (κ2) is 7.80. The Labute approximate surface area is 151 Å². The van der Waals surface area contributed by atoms with E-state index in [9.17, 15) is 14.7 Å². The largest absolute Gasteiger partial charge is 0.395 e. The molecule has 1 saturated carbocycles. The third kappa shape index (κ3) is 4.46. The first-order chi connectivity index (χ1) is 12.1. The Morgan fingerprint density at radius 1 is 1.28 bits per heavy atom. The number of aliphatic hydroxyl groups excluding tert-OH is 1. The molecule has 0 saturated heterocycles. The highest BCUT2D eigenvalue weighted by molar-refractivity contribution is 7.18. The van der Waals surface area contributed by atoms with Gasteiger partial charge in [-0.25, -0.2) is 0 Å². The summed E-state index contributed by atoms with van der Waals surface area (Å²) < 4.78 is 0. The van der Waals surface area contributed by atoms with Crippen LogP contribution in [0, 0.1) is 12.8 Å². The number of rotatable bonds is 7. The summed E-state index contributed by atoms with van der Waals surface area (Å²) in [4.78, 5) is 27.1. The Balaban J connectivity index is 1.74. The molecule has 132 valence electrons. The fourth-order valence-corrected chi connectivity index (χ4v) is 3.69. The number of benzene rings is 1. The van der Waals surface area contributed by atoms with Crippen LogP contribution in [0.4, 0.5) is 5.00 Å². The molecule has 5 nitrogen and oxygen atoms in total. The number of hydrogen-bond acceptors (Lipinski definition) is 4. The van der Waals surface area contributed by atoms with Gasteiger partial charge in [0.05, 0.1) is 16.5 Å². The van der Waals surface area contributed by atoms with Crippen molar-refractivity contribution in [1.82, 2.24) is 4.90 Å². The van der Waals surface area contributed by atoms with Crippen molar-refractivity contribution in [3.05, 3.63) is 52.4 Å². The van der Waals surface area contributed by atoms with Gasteiger partial charge >= 0.3 is 0 Å². The first kappa shape index (κ1) is 17.6. The van der Waals surface area contributed by atoms with Crippen molar-refractivity contribution in [2.75, 3.05) is 18.5 Å². The van der Waals surface area contributed by atoms with Crippen LogP contribution in [-0.2, 0) is 11.3 Å². The number of nitrogens with zero attached hydrogens (tertiary/aromatic N) is 1. The number of thiophene rings is 1. The molecule has 1 aromatic heterocycles. The number of anilines is 1. The van der Waals surface area contributed by atoms with Gasteiger partial charge in [0, 0.05) is 19.0 Å². The number of aryl methyl sites for hydroxylation is 1. The minimum Gasteiger partial charge on any atom is -0.395 e. The van der Waals surface area contributed by atoms with Gasteiger partial charge < -0.3 is 15.3 Å². The topological polar surface area (TPSA) is 69.6 Å². The number of aliphatic hydroxyl groups is 1. The molecular weight excluding hydrogens is 336 g/mol. The summed E-state index contributed by atoms with van der Waals surface area (Å²) in [6.45, 7) is 2.50. The van der Waals surface area contributed by atoms with Crippen LogP contribution in [0.3, 0.4) is 0 Å². The third-order valence-corrected chi connectivity index (χ3v) is 5.32. The highest BCUT2D eigenvalue weighted by atomic mass is 32.1. The fraction of sp³-hybridized carbons (Fsp3) is 0.368. The first-order valence-electron chi connectivity index (χ1n) is 8.44. The quantitative estimate of drug-likeness (QED) is 0.799. The third-order valence-electron chi connectivity index (χ3n) is 4.18. The van der Waals surface area contributed by atoms with Crippen LogP contribution in [0.2, 0.25) is 0 Å². The van der Waals surface area contributed by atoms with E-state index < -0.39 is 0 Å². The maximum atomic E-state index is 12.9. The van der Waals surface area contributed by atoms with E-state index in [2.05, 4.69) is 5.32 Å². The van der Waals surface area contributed by atoms with E-state index in [1.165, 1.54) is 11.3 Å². The van der Waals surface area contributed by atoms with Gasteiger partial charge in [0.15, 0.2) is 0 Å². The van der Waals surface area contributed by atoms with Gasteiger partial charge in [-0.15, -0.1) is 11.3 Å². The van der Waals surface area contributed by atoms with E-state index in [1.54, 1.807) is 4.90 Å². The van der Waals surface area contributed by atoms with E-state index in [0.717, 1.165) is 24.0 Å². The van der Waals surface area contributed by atoms with Crippen molar-refractivity contribution >= 4 is 28.2 Å². The van der Waals surface area contributed by atoms with Gasteiger partial charge in [0.2, 0.25) is 5.91 Å². The van der Waals surface area contributed by atoms with E-state index in [-0.39, 0.29) is 30.9 Å². The van der Waals surface area contributed by atoms with Crippen LogP contribution in [0.15, 0.2) is 36.4 Å². The van der Waals surface area contributed by atoms with Crippen LogP contribution in [0.25, 0.3) is 0 Å². The Hall–Kier alpha value is -2.18. The zero-order valence-corrected chi connectivity index (χ0v) is 15.0. The molecule has 2 N–H and O–H groups in total. The zero-order chi connectivity index (χ0) is 17.8. The normalized spacial score (nSPS) is 13.5. The maximum Gasteiger partial charge on any atom is 0.264 e. The predicted octanol–water partition coefficient (Wildman–Crippen LogP) is 3.04. The molecule has 1 fully saturated rings. The van der Waals surface area contributed by atoms with Gasteiger partial charge in [0.25, 0.3) is 5.91 Å². The van der Waals surface area contributed by atoms with Gasteiger partial charge in [-0.3, -0.25) is 9.59 Å². The van der Waals surface area contributed by atoms with E-state index in [4.69, 9.17) is 0 Å². The van der Waals surface area contributed by atoms with Gasteiger partial charge in [0.1, 0.15) is 0 Å². The molecular formula is C19H22N2O3S. The molecule has 0 aliphatic heterocycles. The van der Waals surface area contributed by atoms with Gasteiger partial charge in [-0.05, 0) is 37.0 Å². The molecule has 6 heteroatoms. The van der Waals surface area contributed by atoms with E-state index >= 15 is 0 Å². The van der Waals surface area contributed by atoms with Crippen LogP contribution in [0.1, 0.15) is 33.6 Å². The average molecular weight is 358 g/mol. The molecule has 3 rings (SSSR count). The lowest BCUT2D eigenvalue weighted by Gasteiger charge is -2.21. The Morgan fingerprint density at radius 2 is 2.00 bits per heavy atom. The SMILES string of the molecule is Cc1cc(NC(=O)C2CC2)sc1C(=O)N(CCO)Cc1ccccc1. The summed E-state index contributed by atoms with van der Waals surface area (Å²) in [5, 5.41) is 12.9. The van der Waals surface area contributed by atoms with Crippen molar-refractivity contribution in [1.29, 1.82) is 0 Å². The Morgan fingerprint density at radius 3 is 2.64 bits per heavy atom. The predicted molar refractivity (Wildman–Crippen MR) is 98.7 cm³/mol. The minimum atomic E-state index is -0.118. The monoisotopic (exact) mass is 358 g/mol. The lowest BCUT2D eigenvalue weighted by atomic mass is 10.2. The first-order valence-corrected chi connectivity index (χ1v) is 9.25. The fourth-order valence-electron chi connectivity index (χ4n) is 2.65. The highest BCUT2D eigenvalue weighted by Crippen LogP contribution is 2.33. The number of carbonyl (C=O) groups excluding carboxylic acids is 2. The van der Waals surface area contributed by atoms with E-state index in [0.29, 0.717) is 16.4 Å². The Kier molecular flexibility index (Phi) is 5.50. The number of carbonyl (C=O) groups is 2. The van der Waals surface area contributed by atoms with Crippen molar-refractivity contribution in [3.63, 3.8) is 0 Å². The second-order valence-corrected chi connectivity index (χ2v) is 7.37. The van der Waals surface area contributed by atoms with Crippen LogP contribution in [0.5, 0.6) is 0 Å². The highest BCUT2D eigenvalue weighted by Gasteiger charge is 2.30. The lowest BCUT2D eigenvalue weighted by Crippen LogP contribution is -2.32. The van der Waals surface area contributed by atoms with Crippen molar-refractivity contribution in [2.24, 2.45) is 5.92 Å². The molecule has 1 aliphatic carbocycles. The number of amides is 2. The summed E-state index contributed by atoms with van der Waals surface area (Å²) in [6.07, 6.45) is 1.90. The molecule has 0 atom stereocenters. The average Bonchev–Trinajstić information content (AvgIpc) is 3.39. The molecule has 1 aliphatic rings. The molecule has 1 aromatic carbocycles. The lowest BCUT2D eigenvalue weighted by molar-refractivity contribution is -0.117. The molecule has 0 bridgehead atoms. The van der Waals surface area contributed by atoms with E-state index in [1.807, 2.05) is 43.3 Å². The van der Waals surface area contributed by atoms with Crippen molar-refractivity contribution in [2.45, 2.75) is 26.3 Å². The summed E-state index contributed by atoms with van der Waals surface area (Å²) in [5.41, 5.74) is 1.86. The summed E-state index contributed by atoms with van der Waals surface area (Å²) in [7, 11) is 0. The number of nitrogens with one attached hydrogen (secondary N) is 1. The summed E-state index contributed by atoms with van der Waals surface area (Å²) in [5.74, 6) is 0.0506.